The Balaban J connectivity index is 1.97. The van der Waals surface area contributed by atoms with Crippen LogP contribution >= 0.6 is 11.6 Å². The second kappa shape index (κ2) is 8.56. The highest BCUT2D eigenvalue weighted by molar-refractivity contribution is 6.30. The van der Waals surface area contributed by atoms with E-state index in [1.165, 1.54) is 11.0 Å². The Morgan fingerprint density at radius 1 is 1.23 bits per heavy atom. The molecular formula is C20H17ClF3N3O4. The summed E-state index contributed by atoms with van der Waals surface area (Å²) in [5.41, 5.74) is 0.188. The molecular weight excluding hydrogens is 439 g/mol. The Hall–Kier alpha value is -3.11. The van der Waals surface area contributed by atoms with Gasteiger partial charge in [-0.15, -0.1) is 5.10 Å². The van der Waals surface area contributed by atoms with E-state index in [4.69, 9.17) is 16.0 Å². The molecule has 2 aromatic carbocycles. The molecule has 0 aliphatic carbocycles. The molecule has 0 spiro atoms. The fraction of sp³-hybridized carbons (Fsp3) is 0.250. The number of nitrogens with zero attached hydrogens (tertiary/aromatic N) is 3. The van der Waals surface area contributed by atoms with Gasteiger partial charge in [0.15, 0.2) is 0 Å². The summed E-state index contributed by atoms with van der Waals surface area (Å²) in [4.78, 5) is 25.5. The van der Waals surface area contributed by atoms with Gasteiger partial charge in [-0.05, 0) is 61.6 Å². The largest absolute Gasteiger partial charge is 0.480 e. The van der Waals surface area contributed by atoms with E-state index in [1.54, 1.807) is 26.2 Å². The highest BCUT2D eigenvalue weighted by Crippen LogP contribution is 2.31. The van der Waals surface area contributed by atoms with Gasteiger partial charge in [0.2, 0.25) is 5.89 Å². The molecule has 11 heteroatoms. The van der Waals surface area contributed by atoms with Crippen LogP contribution in [-0.2, 0) is 17.5 Å². The number of hydrogen-bond donors (Lipinski definition) is 1. The predicted molar refractivity (Wildman–Crippen MR) is 106 cm³/mol. The van der Waals surface area contributed by atoms with Crippen LogP contribution in [0.4, 0.5) is 13.2 Å². The molecule has 0 bridgehead atoms. The summed E-state index contributed by atoms with van der Waals surface area (Å²) in [6.07, 6.45) is -4.49. The molecule has 0 amide bonds. The van der Waals surface area contributed by atoms with Crippen molar-refractivity contribution in [2.45, 2.75) is 18.8 Å². The maximum absolute atomic E-state index is 12.7. The molecule has 7 nitrogen and oxygen atoms in total. The number of rotatable bonds is 6. The van der Waals surface area contributed by atoms with Crippen LogP contribution in [0.25, 0.3) is 11.5 Å². The van der Waals surface area contributed by atoms with Crippen LogP contribution in [0.2, 0.25) is 5.02 Å². The molecule has 0 saturated heterocycles. The number of carboxylic acid groups (broad SMARTS) is 1. The molecule has 1 atom stereocenters. The molecule has 1 unspecified atom stereocenters. The SMILES string of the molecule is CN(C)C(C(=O)O)c1ccc(Cl)cc1Cn1nc(-c2ccc(C(F)(F)F)cc2)oc1=O. The number of aromatic nitrogens is 2. The van der Waals surface area contributed by atoms with E-state index in [0.29, 0.717) is 16.1 Å². The third-order valence-electron chi connectivity index (χ3n) is 4.54. The molecule has 1 N–H and O–H groups in total. The van der Waals surface area contributed by atoms with Crippen molar-refractivity contribution >= 4 is 17.6 Å². The third kappa shape index (κ3) is 4.97. The van der Waals surface area contributed by atoms with E-state index in [2.05, 4.69) is 5.10 Å². The van der Waals surface area contributed by atoms with E-state index in [0.717, 1.165) is 28.9 Å². The van der Waals surface area contributed by atoms with Crippen LogP contribution < -0.4 is 5.76 Å². The maximum atomic E-state index is 12.7. The molecule has 31 heavy (non-hydrogen) atoms. The van der Waals surface area contributed by atoms with Crippen molar-refractivity contribution in [3.05, 3.63) is 74.7 Å². The Labute approximate surface area is 179 Å². The monoisotopic (exact) mass is 455 g/mol. The number of alkyl halides is 3. The van der Waals surface area contributed by atoms with Crippen LogP contribution in [0.15, 0.2) is 51.7 Å². The number of halogens is 4. The van der Waals surface area contributed by atoms with Gasteiger partial charge in [0.25, 0.3) is 0 Å². The standard InChI is InChI=1S/C20H17ClF3N3O4/c1-26(2)16(18(28)29)15-8-7-14(21)9-12(15)10-27-19(30)31-17(25-27)11-3-5-13(6-4-11)20(22,23)24/h3-9,16H,10H2,1-2H3,(H,28,29). The van der Waals surface area contributed by atoms with E-state index < -0.39 is 29.5 Å². The average molecular weight is 456 g/mol. The van der Waals surface area contributed by atoms with Gasteiger partial charge in [0.1, 0.15) is 6.04 Å². The van der Waals surface area contributed by atoms with Gasteiger partial charge in [-0.1, -0.05) is 17.7 Å². The molecule has 0 radical (unpaired) electrons. The van der Waals surface area contributed by atoms with Gasteiger partial charge < -0.3 is 9.52 Å². The van der Waals surface area contributed by atoms with Crippen LogP contribution in [0, 0.1) is 0 Å². The first kappa shape index (κ1) is 22.6. The zero-order valence-electron chi connectivity index (χ0n) is 16.4. The molecule has 164 valence electrons. The Kier molecular flexibility index (Phi) is 6.23. The van der Waals surface area contributed by atoms with Crippen LogP contribution in [0.5, 0.6) is 0 Å². The second-order valence-electron chi connectivity index (χ2n) is 6.95. The maximum Gasteiger partial charge on any atom is 0.437 e. The van der Waals surface area contributed by atoms with Gasteiger partial charge >= 0.3 is 17.9 Å². The Morgan fingerprint density at radius 3 is 2.42 bits per heavy atom. The van der Waals surface area contributed by atoms with Crippen molar-refractivity contribution in [2.24, 2.45) is 0 Å². The summed E-state index contributed by atoms with van der Waals surface area (Å²) in [7, 11) is 3.20. The summed E-state index contributed by atoms with van der Waals surface area (Å²) in [6, 6.07) is 7.64. The normalized spacial score (nSPS) is 12.9. The van der Waals surface area contributed by atoms with Gasteiger partial charge in [-0.3, -0.25) is 9.69 Å². The predicted octanol–water partition coefficient (Wildman–Crippen LogP) is 3.91. The van der Waals surface area contributed by atoms with Gasteiger partial charge in [-0.25, -0.2) is 4.79 Å². The van der Waals surface area contributed by atoms with Crippen LogP contribution in [-0.4, -0.2) is 39.9 Å². The molecule has 1 aromatic heterocycles. The van der Waals surface area contributed by atoms with E-state index in [9.17, 15) is 27.9 Å². The lowest BCUT2D eigenvalue weighted by atomic mass is 9.99. The first-order valence-corrected chi connectivity index (χ1v) is 9.28. The minimum Gasteiger partial charge on any atom is -0.480 e. The Bertz CT molecular complexity index is 1150. The number of carbonyl (C=O) groups is 1. The molecule has 0 aliphatic heterocycles. The molecule has 1 heterocycles. The summed E-state index contributed by atoms with van der Waals surface area (Å²) in [5, 5.41) is 14.0. The highest BCUT2D eigenvalue weighted by atomic mass is 35.5. The molecule has 0 saturated carbocycles. The lowest BCUT2D eigenvalue weighted by Crippen LogP contribution is -2.29. The minimum atomic E-state index is -4.49. The quantitative estimate of drug-likeness (QED) is 0.606. The fourth-order valence-corrected chi connectivity index (χ4v) is 3.29. The average Bonchev–Trinajstić information content (AvgIpc) is 3.03. The van der Waals surface area contributed by atoms with E-state index in [-0.39, 0.29) is 18.0 Å². The zero-order valence-corrected chi connectivity index (χ0v) is 17.1. The molecule has 0 aliphatic rings. The number of carboxylic acids is 1. The lowest BCUT2D eigenvalue weighted by Gasteiger charge is -2.23. The molecule has 3 aromatic rings. The number of benzene rings is 2. The summed E-state index contributed by atoms with van der Waals surface area (Å²) in [6.45, 7) is -0.142. The van der Waals surface area contributed by atoms with Crippen LogP contribution in [0.1, 0.15) is 22.7 Å². The number of hydrogen-bond acceptors (Lipinski definition) is 5. The lowest BCUT2D eigenvalue weighted by molar-refractivity contribution is -0.142. The third-order valence-corrected chi connectivity index (χ3v) is 4.77. The van der Waals surface area contributed by atoms with Crippen LogP contribution in [0.3, 0.4) is 0 Å². The van der Waals surface area contributed by atoms with Gasteiger partial charge in [-0.2, -0.15) is 17.9 Å². The number of likely N-dealkylation sites (N-methyl/N-ethyl adjacent to an activating group) is 1. The zero-order chi connectivity index (χ0) is 22.9. The molecule has 0 fully saturated rings. The van der Waals surface area contributed by atoms with Gasteiger partial charge in [0, 0.05) is 10.6 Å². The second-order valence-corrected chi connectivity index (χ2v) is 7.39. The highest BCUT2D eigenvalue weighted by Gasteiger charge is 2.30. The summed E-state index contributed by atoms with van der Waals surface area (Å²) in [5.74, 6) is -2.10. The van der Waals surface area contributed by atoms with Crippen molar-refractivity contribution in [2.75, 3.05) is 14.1 Å². The summed E-state index contributed by atoms with van der Waals surface area (Å²) >= 11 is 6.06. The number of aliphatic carboxylic acids is 1. The summed E-state index contributed by atoms with van der Waals surface area (Å²) < 4.78 is 44.2. The van der Waals surface area contributed by atoms with Gasteiger partial charge in [0.05, 0.1) is 12.1 Å². The van der Waals surface area contributed by atoms with E-state index >= 15 is 0 Å². The first-order valence-electron chi connectivity index (χ1n) is 8.90. The Morgan fingerprint density at radius 2 is 1.87 bits per heavy atom. The fourth-order valence-electron chi connectivity index (χ4n) is 3.10. The topological polar surface area (TPSA) is 88.6 Å². The van der Waals surface area contributed by atoms with E-state index in [1.807, 2.05) is 0 Å². The molecule has 3 rings (SSSR count). The smallest absolute Gasteiger partial charge is 0.437 e. The first-order chi connectivity index (χ1) is 14.5. The van der Waals surface area contributed by atoms with Crippen molar-refractivity contribution in [1.82, 2.24) is 14.7 Å². The van der Waals surface area contributed by atoms with Crippen molar-refractivity contribution < 1.29 is 27.5 Å². The minimum absolute atomic E-state index is 0.142. The van der Waals surface area contributed by atoms with Crippen molar-refractivity contribution in [1.29, 1.82) is 0 Å². The van der Waals surface area contributed by atoms with Crippen molar-refractivity contribution in [3.8, 4) is 11.5 Å². The van der Waals surface area contributed by atoms with Crippen molar-refractivity contribution in [3.63, 3.8) is 0 Å².